The van der Waals surface area contributed by atoms with Crippen LogP contribution in [0.2, 0.25) is 0 Å². The Labute approximate surface area is 110 Å². The van der Waals surface area contributed by atoms with E-state index in [1.165, 1.54) is 5.56 Å². The molecule has 0 radical (unpaired) electrons. The zero-order valence-corrected chi connectivity index (χ0v) is 11.1. The van der Waals surface area contributed by atoms with Gasteiger partial charge in [0.25, 0.3) is 0 Å². The smallest absolute Gasteiger partial charge is 1.00 e. The molecule has 1 N–H and O–H groups in total. The Kier molecular flexibility index (Phi) is 6.78. The molecule has 1 unspecified atom stereocenters. The summed E-state index contributed by atoms with van der Waals surface area (Å²) in [6.45, 7) is 4.90. The molecule has 0 saturated heterocycles. The molecule has 0 aliphatic rings. The molecular weight excluding hydrogens is 206 g/mol. The van der Waals surface area contributed by atoms with E-state index < -0.39 is 0 Å². The molecule has 0 saturated carbocycles. The van der Waals surface area contributed by atoms with Crippen LogP contribution in [-0.2, 0) is 6.54 Å². The molecule has 0 heterocycles. The van der Waals surface area contributed by atoms with Crippen LogP contribution in [0.4, 0.5) is 0 Å². The summed E-state index contributed by atoms with van der Waals surface area (Å²) in [4.78, 5) is -0.282. The van der Waals surface area contributed by atoms with Crippen molar-refractivity contribution in [3.05, 3.63) is 35.9 Å². The van der Waals surface area contributed by atoms with Gasteiger partial charge in [-0.3, -0.25) is 5.32 Å². The Morgan fingerprint density at radius 2 is 1.93 bits per heavy atom. The van der Waals surface area contributed by atoms with Gasteiger partial charge in [-0.05, 0) is 18.9 Å². The summed E-state index contributed by atoms with van der Waals surface area (Å²) in [6, 6.07) is 10.3. The van der Waals surface area contributed by atoms with Crippen LogP contribution in [0.1, 0.15) is 28.7 Å². The first-order chi connectivity index (χ1) is 6.14. The van der Waals surface area contributed by atoms with Crippen molar-refractivity contribution in [2.24, 2.45) is 0 Å². The minimum absolute atomic E-state index is 0. The normalized spacial score (nSPS) is 14.2. The molecule has 0 spiro atoms. The van der Waals surface area contributed by atoms with Crippen molar-refractivity contribution >= 4 is 34.7 Å². The monoisotopic (exact) mass is 223 g/mol. The molecule has 1 aromatic carbocycles. The van der Waals surface area contributed by atoms with Crippen LogP contribution < -0.4 is 5.32 Å². The third kappa shape index (κ3) is 5.20. The van der Waals surface area contributed by atoms with E-state index in [-0.39, 0.29) is 30.9 Å². The van der Waals surface area contributed by atoms with Gasteiger partial charge in [0, 0.05) is 6.54 Å². The van der Waals surface area contributed by atoms with Crippen LogP contribution in [0.5, 0.6) is 0 Å². The van der Waals surface area contributed by atoms with Gasteiger partial charge in [0.05, 0.1) is 5.00 Å². The summed E-state index contributed by atoms with van der Waals surface area (Å²) in [5.74, 6) is 0. The van der Waals surface area contributed by atoms with Gasteiger partial charge in [0.15, 0.2) is 0 Å². The van der Waals surface area contributed by atoms with Crippen LogP contribution in [0, 0.1) is 0 Å². The summed E-state index contributed by atoms with van der Waals surface area (Å²) in [6.07, 6.45) is 0.918. The summed E-state index contributed by atoms with van der Waals surface area (Å²) < 4.78 is 0. The number of benzene rings is 1. The van der Waals surface area contributed by atoms with Crippen LogP contribution in [0.3, 0.4) is 0 Å². The maximum Gasteiger partial charge on any atom is 2.00 e. The molecular formula is C11H18ClMgN. The molecule has 14 heavy (non-hydrogen) atoms. The predicted molar refractivity (Wildman–Crippen MR) is 65.8 cm³/mol. The van der Waals surface area contributed by atoms with Gasteiger partial charge in [0.1, 0.15) is 0 Å². The second-order valence-corrected chi connectivity index (χ2v) is 4.22. The number of halogens is 1. The number of hydrogen-bond donors (Lipinski definition) is 1. The number of hydrogen-bond acceptors (Lipinski definition) is 1. The third-order valence-electron chi connectivity index (χ3n) is 2.17. The topological polar surface area (TPSA) is 12.0 Å². The Bertz CT molecular complexity index is 257. The number of nitrogens with one attached hydrogen (secondary N) is 1. The fraction of sp³-hybridized carbons (Fsp3) is 0.455. The van der Waals surface area contributed by atoms with Gasteiger partial charge in [0.2, 0.25) is 0 Å². The predicted octanol–water partition coefficient (Wildman–Crippen LogP) is 2.99. The van der Waals surface area contributed by atoms with Crippen molar-refractivity contribution in [3.63, 3.8) is 0 Å². The quantitative estimate of drug-likeness (QED) is 0.471. The van der Waals surface area contributed by atoms with Crippen molar-refractivity contribution < 1.29 is 2.85 Å². The molecule has 0 aliphatic heterocycles. The van der Waals surface area contributed by atoms with E-state index in [0.717, 1.165) is 13.0 Å². The van der Waals surface area contributed by atoms with Gasteiger partial charge in [-0.2, -0.15) is 0 Å². The summed E-state index contributed by atoms with van der Waals surface area (Å²) in [7, 11) is 0. The standard InChI is InChI=1S/C11H16ClN.Mg.2H/c1-3-11(2,12)13-9-10-7-5-4-6-8-10;;;/h4-8,13H,3,9H2,1-2H3;;;/q;+2;2*-1. The molecule has 3 heteroatoms. The molecule has 76 valence electrons. The van der Waals surface area contributed by atoms with Gasteiger partial charge in [-0.25, -0.2) is 0 Å². The van der Waals surface area contributed by atoms with E-state index in [1.807, 2.05) is 25.1 Å². The Morgan fingerprint density at radius 3 is 2.43 bits per heavy atom. The first kappa shape index (κ1) is 14.2. The average Bonchev–Trinajstić information content (AvgIpc) is 2.17. The molecule has 1 rings (SSSR count). The van der Waals surface area contributed by atoms with Crippen molar-refractivity contribution in [2.75, 3.05) is 0 Å². The first-order valence-electron chi connectivity index (χ1n) is 4.62. The maximum absolute atomic E-state index is 6.16. The molecule has 0 amide bonds. The third-order valence-corrected chi connectivity index (χ3v) is 2.57. The number of alkyl halides is 1. The minimum Gasteiger partial charge on any atom is -1.00 e. The van der Waals surface area contributed by atoms with E-state index >= 15 is 0 Å². The van der Waals surface area contributed by atoms with Gasteiger partial charge >= 0.3 is 23.1 Å². The zero-order valence-electron chi connectivity index (χ0n) is 10.9. The molecule has 1 aromatic rings. The first-order valence-corrected chi connectivity index (χ1v) is 5.00. The van der Waals surface area contributed by atoms with Crippen LogP contribution in [0.25, 0.3) is 0 Å². The molecule has 1 atom stereocenters. The largest absolute Gasteiger partial charge is 2.00 e. The SMILES string of the molecule is CCC(C)(Cl)NCc1ccccc1.[H-].[H-].[Mg+2]. The fourth-order valence-electron chi connectivity index (χ4n) is 1.01. The molecule has 1 nitrogen and oxygen atoms in total. The van der Waals surface area contributed by atoms with Crippen molar-refractivity contribution in [2.45, 2.75) is 31.8 Å². The van der Waals surface area contributed by atoms with Gasteiger partial charge in [-0.1, -0.05) is 37.3 Å². The van der Waals surface area contributed by atoms with Crippen LogP contribution in [0.15, 0.2) is 30.3 Å². The van der Waals surface area contributed by atoms with E-state index in [0.29, 0.717) is 0 Å². The van der Waals surface area contributed by atoms with E-state index in [2.05, 4.69) is 24.4 Å². The van der Waals surface area contributed by atoms with E-state index in [9.17, 15) is 0 Å². The zero-order chi connectivity index (χ0) is 9.73. The van der Waals surface area contributed by atoms with Crippen molar-refractivity contribution in [3.8, 4) is 0 Å². The van der Waals surface area contributed by atoms with E-state index in [4.69, 9.17) is 11.6 Å². The molecule has 0 bridgehead atoms. The van der Waals surface area contributed by atoms with Crippen molar-refractivity contribution in [1.82, 2.24) is 5.32 Å². The Morgan fingerprint density at radius 1 is 1.36 bits per heavy atom. The second-order valence-electron chi connectivity index (χ2n) is 3.39. The van der Waals surface area contributed by atoms with Crippen LogP contribution in [-0.4, -0.2) is 28.1 Å². The molecule has 0 aromatic heterocycles. The van der Waals surface area contributed by atoms with E-state index in [1.54, 1.807) is 0 Å². The van der Waals surface area contributed by atoms with Gasteiger partial charge < -0.3 is 2.85 Å². The van der Waals surface area contributed by atoms with Gasteiger partial charge in [-0.15, -0.1) is 11.6 Å². The summed E-state index contributed by atoms with van der Waals surface area (Å²) >= 11 is 6.16. The van der Waals surface area contributed by atoms with Crippen LogP contribution >= 0.6 is 11.6 Å². The molecule has 0 fully saturated rings. The Hall–Kier alpha value is 0.236. The van der Waals surface area contributed by atoms with Crippen molar-refractivity contribution in [1.29, 1.82) is 0 Å². The summed E-state index contributed by atoms with van der Waals surface area (Å²) in [5.41, 5.74) is 1.27. The second kappa shape index (κ2) is 6.67. The fourth-order valence-corrected chi connectivity index (χ4v) is 1.07. The maximum atomic E-state index is 6.16. The molecule has 0 aliphatic carbocycles. The summed E-state index contributed by atoms with van der Waals surface area (Å²) in [5, 5.41) is 3.29. The minimum atomic E-state index is -0.282. The number of rotatable bonds is 4. The Balaban J connectivity index is -0.000000563. The average molecular weight is 224 g/mol.